The number of pyridine rings is 1. The lowest BCUT2D eigenvalue weighted by molar-refractivity contribution is -0.0547. The predicted molar refractivity (Wildman–Crippen MR) is 139 cm³/mol. The van der Waals surface area contributed by atoms with Crippen molar-refractivity contribution in [2.24, 2.45) is 0 Å². The van der Waals surface area contributed by atoms with Crippen LogP contribution in [0, 0.1) is 0 Å². The quantitative estimate of drug-likeness (QED) is 0.150. The van der Waals surface area contributed by atoms with E-state index < -0.39 is 65.9 Å². The molecule has 1 aliphatic heterocycles. The maximum Gasteiger partial charge on any atom is 0.490 e. The minimum atomic E-state index is -5.79. The van der Waals surface area contributed by atoms with Gasteiger partial charge in [-0.25, -0.2) is 18.5 Å². The smallest absolute Gasteiger partial charge is 0.387 e. The van der Waals surface area contributed by atoms with Gasteiger partial charge >= 0.3 is 29.2 Å². The van der Waals surface area contributed by atoms with E-state index >= 15 is 0 Å². The summed E-state index contributed by atoms with van der Waals surface area (Å²) in [7, 11) is -17.0. The Morgan fingerprint density at radius 1 is 0.881 bits per heavy atom. The molecule has 3 aromatic rings. The Hall–Kier alpha value is -2.66. The molecule has 0 aliphatic carbocycles. The van der Waals surface area contributed by atoms with Crippen molar-refractivity contribution in [2.75, 3.05) is 6.61 Å². The zero-order valence-corrected chi connectivity index (χ0v) is 23.7. The molecule has 0 saturated carbocycles. The number of hydrogen-bond acceptors (Lipinski definition) is 12. The number of phosphoric ester groups is 1. The highest BCUT2D eigenvalue weighted by Gasteiger charge is 2.47. The topological polar surface area (TPSA) is 266 Å². The van der Waals surface area contributed by atoms with Gasteiger partial charge in [0.1, 0.15) is 18.3 Å². The van der Waals surface area contributed by atoms with Crippen molar-refractivity contribution in [1.29, 1.82) is 0 Å². The lowest BCUT2D eigenvalue weighted by Crippen LogP contribution is -2.43. The first-order valence-corrected chi connectivity index (χ1v) is 16.2. The molecular weight excluding hydrogens is 627 g/mol. The van der Waals surface area contributed by atoms with Crippen LogP contribution in [0.5, 0.6) is 0 Å². The number of hydrogen-bond donors (Lipinski definition) is 6. The van der Waals surface area contributed by atoms with Crippen molar-refractivity contribution in [3.63, 3.8) is 0 Å². The van der Waals surface area contributed by atoms with Crippen LogP contribution >= 0.6 is 23.5 Å². The van der Waals surface area contributed by atoms with Gasteiger partial charge in [0.05, 0.1) is 18.8 Å². The van der Waals surface area contributed by atoms with Crippen LogP contribution < -0.4 is 11.2 Å². The lowest BCUT2D eigenvalue weighted by atomic mass is 10.0. The van der Waals surface area contributed by atoms with Crippen LogP contribution in [0.1, 0.15) is 11.9 Å². The Labute approximate surface area is 235 Å². The maximum atomic E-state index is 13.3. The van der Waals surface area contributed by atoms with E-state index in [1.165, 1.54) is 6.20 Å². The van der Waals surface area contributed by atoms with Gasteiger partial charge in [-0.2, -0.15) is 8.62 Å². The maximum absolute atomic E-state index is 13.3. The van der Waals surface area contributed by atoms with Crippen molar-refractivity contribution >= 4 is 23.5 Å². The van der Waals surface area contributed by atoms with Crippen molar-refractivity contribution in [3.8, 4) is 11.1 Å². The molecule has 2 aromatic heterocycles. The van der Waals surface area contributed by atoms with Gasteiger partial charge in [-0.15, -0.1) is 0 Å². The first kappa shape index (κ1) is 32.3. The minimum absolute atomic E-state index is 0.273. The summed E-state index contributed by atoms with van der Waals surface area (Å²) in [5, 5.41) is 20.9. The Bertz CT molecular complexity index is 1690. The fraction of sp³-hybridized carbons (Fsp3) is 0.286. The zero-order valence-electron chi connectivity index (χ0n) is 21.0. The normalized spacial score (nSPS) is 23.8. The first-order chi connectivity index (χ1) is 19.6. The minimum Gasteiger partial charge on any atom is -0.387 e. The Kier molecular flexibility index (Phi) is 9.62. The first-order valence-electron chi connectivity index (χ1n) is 11.7. The Morgan fingerprint density at radius 2 is 1.57 bits per heavy atom. The Balaban J connectivity index is 1.53. The van der Waals surface area contributed by atoms with Crippen LogP contribution in [0.2, 0.25) is 0 Å². The molecule has 0 amide bonds. The highest BCUT2D eigenvalue weighted by atomic mass is 31.3. The van der Waals surface area contributed by atoms with Gasteiger partial charge in [0.2, 0.25) is 0 Å². The van der Waals surface area contributed by atoms with E-state index in [2.05, 4.69) is 18.1 Å². The standard InChI is InChI=1S/C21H24N3O15P3/c25-17-8-10-23(21(28)24(17)11-15-14(7-4-9-22-15)13-5-2-1-3-6-13)20-19(27)18(26)16(37-20)12-36-41(32,33)39-42(34,35)38-40(29,30)31/h1-10,16,18-20,26-27H,11-12H2,(H,32,33)(H,34,35)(H2,29,30,31)/t16-,18?,19?,20-/m1/s1. The van der Waals surface area contributed by atoms with Crippen molar-refractivity contribution in [3.05, 3.63) is 87.5 Å². The van der Waals surface area contributed by atoms with Crippen molar-refractivity contribution in [1.82, 2.24) is 14.1 Å². The van der Waals surface area contributed by atoms with Gasteiger partial charge in [-0.1, -0.05) is 36.4 Å². The van der Waals surface area contributed by atoms with Gasteiger partial charge in [0, 0.05) is 24.0 Å². The molecule has 6 N–H and O–H groups in total. The van der Waals surface area contributed by atoms with Crippen LogP contribution in [0.4, 0.5) is 0 Å². The van der Waals surface area contributed by atoms with Gasteiger partial charge in [0.15, 0.2) is 6.23 Å². The number of rotatable bonds is 11. The largest absolute Gasteiger partial charge is 0.490 e. The van der Waals surface area contributed by atoms with E-state index in [4.69, 9.17) is 14.5 Å². The highest BCUT2D eigenvalue weighted by Crippen LogP contribution is 2.66. The van der Waals surface area contributed by atoms with Crippen LogP contribution in [0.3, 0.4) is 0 Å². The average molecular weight is 651 g/mol. The van der Waals surface area contributed by atoms with Crippen molar-refractivity contribution < 1.29 is 61.4 Å². The molecule has 4 unspecified atom stereocenters. The van der Waals surface area contributed by atoms with E-state index in [1.807, 2.05) is 18.2 Å². The molecule has 1 fully saturated rings. The van der Waals surface area contributed by atoms with E-state index in [0.717, 1.165) is 27.0 Å². The fourth-order valence-electron chi connectivity index (χ4n) is 4.03. The number of phosphoric acid groups is 3. The molecule has 18 nitrogen and oxygen atoms in total. The molecule has 228 valence electrons. The monoisotopic (exact) mass is 651 g/mol. The molecular formula is C21H24N3O15P3. The average Bonchev–Trinajstić information content (AvgIpc) is 3.17. The van der Waals surface area contributed by atoms with Gasteiger partial charge in [-0.05, 0) is 11.6 Å². The van der Waals surface area contributed by atoms with E-state index in [9.17, 15) is 43.3 Å². The number of aromatic nitrogens is 3. The molecule has 6 atom stereocenters. The van der Waals surface area contributed by atoms with Gasteiger partial charge in [-0.3, -0.25) is 23.4 Å². The third-order valence-electron chi connectivity index (χ3n) is 5.81. The van der Waals surface area contributed by atoms with Crippen LogP contribution in [-0.4, -0.2) is 68.8 Å². The number of ether oxygens (including phenoxy) is 1. The fourth-order valence-corrected chi connectivity index (χ4v) is 7.06. The van der Waals surface area contributed by atoms with Gasteiger partial charge < -0.3 is 34.5 Å². The second-order valence-corrected chi connectivity index (χ2v) is 13.1. The summed E-state index contributed by atoms with van der Waals surface area (Å²) in [6.45, 7) is -1.36. The predicted octanol–water partition coefficient (Wildman–Crippen LogP) is 0.0828. The van der Waals surface area contributed by atoms with E-state index in [0.29, 0.717) is 11.3 Å². The number of benzene rings is 1. The van der Waals surface area contributed by atoms with Crippen LogP contribution in [0.15, 0.2) is 70.5 Å². The summed E-state index contributed by atoms with van der Waals surface area (Å²) in [6.07, 6.45) is -4.47. The molecule has 0 spiro atoms. The molecule has 0 bridgehead atoms. The molecule has 21 heteroatoms. The summed E-state index contributed by atoms with van der Waals surface area (Å²) < 4.78 is 52.9. The number of aliphatic hydroxyl groups excluding tert-OH is 2. The summed E-state index contributed by atoms with van der Waals surface area (Å²) in [4.78, 5) is 66.4. The SMILES string of the molecule is O=c1ccn([C@@H]2O[C@H](COP(=O)(O)OP(=O)(O)OP(=O)(O)O)C(O)C2O)c(=O)n1Cc1ncccc1-c1ccccc1. The summed E-state index contributed by atoms with van der Waals surface area (Å²) in [5.41, 5.74) is 0.137. The molecule has 0 radical (unpaired) electrons. The molecule has 1 saturated heterocycles. The highest BCUT2D eigenvalue weighted by molar-refractivity contribution is 7.66. The zero-order chi connectivity index (χ0) is 30.9. The second-order valence-electron chi connectivity index (χ2n) is 8.73. The van der Waals surface area contributed by atoms with Crippen molar-refractivity contribution in [2.45, 2.75) is 31.1 Å². The third kappa shape index (κ3) is 7.83. The van der Waals surface area contributed by atoms with Crippen LogP contribution in [0.25, 0.3) is 11.1 Å². The number of nitrogens with zero attached hydrogens (tertiary/aromatic N) is 3. The molecule has 1 aliphatic rings. The van der Waals surface area contributed by atoms with E-state index in [-0.39, 0.29) is 6.54 Å². The summed E-state index contributed by atoms with van der Waals surface area (Å²) in [6, 6.07) is 13.5. The Morgan fingerprint density at radius 3 is 2.24 bits per heavy atom. The summed E-state index contributed by atoms with van der Waals surface area (Å²) in [5.74, 6) is 0. The molecule has 4 rings (SSSR count). The number of aliphatic hydroxyl groups is 2. The second kappa shape index (κ2) is 12.5. The summed E-state index contributed by atoms with van der Waals surface area (Å²) >= 11 is 0. The lowest BCUT2D eigenvalue weighted by Gasteiger charge is -2.19. The third-order valence-corrected chi connectivity index (χ3v) is 9.61. The van der Waals surface area contributed by atoms with E-state index in [1.54, 1.807) is 24.3 Å². The van der Waals surface area contributed by atoms with Crippen LogP contribution in [-0.2, 0) is 38.1 Å². The molecule has 1 aromatic carbocycles. The van der Waals surface area contributed by atoms with Gasteiger partial charge in [0.25, 0.3) is 5.56 Å². The molecule has 3 heterocycles. The molecule has 42 heavy (non-hydrogen) atoms.